The lowest BCUT2D eigenvalue weighted by Gasteiger charge is -2.12. The summed E-state index contributed by atoms with van der Waals surface area (Å²) < 4.78 is 0. The SMILES string of the molecule is c1ccc(-c2cc(-c3cccc(-c4cccc(-c5ccc6c7c(cccc57)-c5ccccc5-6)c4)c3)nc(-c3ccccc3)n2)cc1. The third-order valence-corrected chi connectivity index (χ3v) is 9.04. The van der Waals surface area contributed by atoms with E-state index in [1.165, 1.54) is 49.7 Å². The fourth-order valence-corrected chi connectivity index (χ4v) is 6.85. The van der Waals surface area contributed by atoms with Crippen LogP contribution >= 0.6 is 0 Å². The van der Waals surface area contributed by atoms with Gasteiger partial charge in [0.15, 0.2) is 5.82 Å². The van der Waals surface area contributed by atoms with Crippen LogP contribution in [0.3, 0.4) is 0 Å². The Morgan fingerprint density at radius 3 is 1.48 bits per heavy atom. The van der Waals surface area contributed by atoms with Crippen LogP contribution < -0.4 is 0 Å². The van der Waals surface area contributed by atoms with Gasteiger partial charge in [-0.15, -0.1) is 0 Å². The molecule has 0 saturated carbocycles. The summed E-state index contributed by atoms with van der Waals surface area (Å²) in [4.78, 5) is 10.0. The molecule has 0 fully saturated rings. The first-order valence-corrected chi connectivity index (χ1v) is 15.7. The standard InChI is InChI=1S/C44H28N2/c1-3-12-29(13-4-1)41-28-42(46-44(45-41)30-14-5-2-6-15-30)34-19-10-17-32(27-34)31-16-9-18-33(26-31)35-24-25-40-37-21-8-7-20-36(37)39-23-11-22-38(35)43(39)40/h1-28H. The molecule has 2 heteroatoms. The molecule has 0 atom stereocenters. The zero-order valence-electron chi connectivity index (χ0n) is 25.1. The third-order valence-electron chi connectivity index (χ3n) is 9.04. The van der Waals surface area contributed by atoms with Crippen molar-refractivity contribution in [3.05, 3.63) is 170 Å². The van der Waals surface area contributed by atoms with E-state index >= 15 is 0 Å². The smallest absolute Gasteiger partial charge is 0.160 e. The minimum absolute atomic E-state index is 0.721. The predicted octanol–water partition coefficient (Wildman–Crippen LogP) is 11.6. The maximum absolute atomic E-state index is 5.06. The van der Waals surface area contributed by atoms with Crippen LogP contribution in [0.2, 0.25) is 0 Å². The first-order valence-electron chi connectivity index (χ1n) is 15.7. The molecular formula is C44H28N2. The van der Waals surface area contributed by atoms with Crippen molar-refractivity contribution in [3.63, 3.8) is 0 Å². The second-order valence-electron chi connectivity index (χ2n) is 11.8. The molecule has 1 aliphatic rings. The summed E-state index contributed by atoms with van der Waals surface area (Å²) in [5.41, 5.74) is 15.0. The van der Waals surface area contributed by atoms with Gasteiger partial charge in [0, 0.05) is 16.7 Å². The molecular weight excluding hydrogens is 556 g/mol. The van der Waals surface area contributed by atoms with Crippen molar-refractivity contribution in [2.45, 2.75) is 0 Å². The van der Waals surface area contributed by atoms with Crippen molar-refractivity contribution in [1.82, 2.24) is 9.97 Å². The fraction of sp³-hybridized carbons (Fsp3) is 0. The highest BCUT2D eigenvalue weighted by atomic mass is 14.9. The van der Waals surface area contributed by atoms with Gasteiger partial charge in [-0.25, -0.2) is 9.97 Å². The Kier molecular flexibility index (Phi) is 6.17. The van der Waals surface area contributed by atoms with Gasteiger partial charge in [0.2, 0.25) is 0 Å². The van der Waals surface area contributed by atoms with Crippen LogP contribution in [0.1, 0.15) is 0 Å². The van der Waals surface area contributed by atoms with Crippen molar-refractivity contribution in [2.75, 3.05) is 0 Å². The van der Waals surface area contributed by atoms with E-state index < -0.39 is 0 Å². The van der Waals surface area contributed by atoms with Crippen LogP contribution in [0.15, 0.2) is 170 Å². The molecule has 0 radical (unpaired) electrons. The molecule has 8 aromatic rings. The molecule has 0 unspecified atom stereocenters. The minimum atomic E-state index is 0.721. The summed E-state index contributed by atoms with van der Waals surface area (Å²) >= 11 is 0. The molecule has 0 N–H and O–H groups in total. The van der Waals surface area contributed by atoms with Crippen molar-refractivity contribution < 1.29 is 0 Å². The van der Waals surface area contributed by atoms with Gasteiger partial charge >= 0.3 is 0 Å². The van der Waals surface area contributed by atoms with Gasteiger partial charge in [0.1, 0.15) is 0 Å². The van der Waals surface area contributed by atoms with E-state index in [4.69, 9.17) is 9.97 Å². The Morgan fingerprint density at radius 1 is 0.283 bits per heavy atom. The molecule has 9 rings (SSSR count). The first-order chi connectivity index (χ1) is 22.8. The van der Waals surface area contributed by atoms with Gasteiger partial charge in [-0.2, -0.15) is 0 Å². The number of nitrogens with zero attached hydrogens (tertiary/aromatic N) is 2. The maximum atomic E-state index is 5.06. The van der Waals surface area contributed by atoms with Crippen molar-refractivity contribution in [2.24, 2.45) is 0 Å². The highest BCUT2D eigenvalue weighted by Crippen LogP contribution is 2.49. The van der Waals surface area contributed by atoms with E-state index in [0.29, 0.717) is 0 Å². The molecule has 7 aromatic carbocycles. The Balaban J connectivity index is 1.14. The number of fused-ring (bicyclic) bond motifs is 3. The summed E-state index contributed by atoms with van der Waals surface area (Å²) in [5, 5.41) is 2.64. The highest BCUT2D eigenvalue weighted by molar-refractivity contribution is 6.18. The number of hydrogen-bond donors (Lipinski definition) is 0. The Bertz CT molecular complexity index is 2320. The van der Waals surface area contributed by atoms with Crippen LogP contribution in [-0.2, 0) is 0 Å². The van der Waals surface area contributed by atoms with E-state index in [9.17, 15) is 0 Å². The molecule has 0 bridgehead atoms. The van der Waals surface area contributed by atoms with Crippen molar-refractivity contribution >= 4 is 10.8 Å². The third kappa shape index (κ3) is 4.43. The monoisotopic (exact) mass is 584 g/mol. The topological polar surface area (TPSA) is 25.8 Å². The van der Waals surface area contributed by atoms with Crippen LogP contribution in [0.4, 0.5) is 0 Å². The second kappa shape index (κ2) is 10.8. The van der Waals surface area contributed by atoms with Gasteiger partial charge < -0.3 is 0 Å². The molecule has 46 heavy (non-hydrogen) atoms. The first kappa shape index (κ1) is 26.3. The lowest BCUT2D eigenvalue weighted by molar-refractivity contribution is 1.18. The normalized spacial score (nSPS) is 11.5. The number of benzene rings is 7. The molecule has 0 saturated heterocycles. The molecule has 2 nitrogen and oxygen atoms in total. The van der Waals surface area contributed by atoms with Crippen LogP contribution in [-0.4, -0.2) is 9.97 Å². The highest BCUT2D eigenvalue weighted by Gasteiger charge is 2.22. The van der Waals surface area contributed by atoms with Gasteiger partial charge in [-0.3, -0.25) is 0 Å². The molecule has 0 amide bonds. The van der Waals surface area contributed by atoms with Gasteiger partial charge in [-0.1, -0.05) is 152 Å². The second-order valence-corrected chi connectivity index (χ2v) is 11.8. The number of hydrogen-bond acceptors (Lipinski definition) is 2. The van der Waals surface area contributed by atoms with E-state index in [2.05, 4.69) is 133 Å². The summed E-state index contributed by atoms with van der Waals surface area (Å²) in [6.45, 7) is 0. The molecule has 0 spiro atoms. The molecule has 1 aromatic heterocycles. The molecule has 0 aliphatic heterocycles. The zero-order chi connectivity index (χ0) is 30.5. The van der Waals surface area contributed by atoms with Gasteiger partial charge in [0.05, 0.1) is 11.4 Å². The van der Waals surface area contributed by atoms with Crippen molar-refractivity contribution in [3.8, 4) is 78.4 Å². The van der Waals surface area contributed by atoms with E-state index in [-0.39, 0.29) is 0 Å². The summed E-state index contributed by atoms with van der Waals surface area (Å²) in [6.07, 6.45) is 0. The van der Waals surface area contributed by atoms with Gasteiger partial charge in [0.25, 0.3) is 0 Å². The zero-order valence-corrected chi connectivity index (χ0v) is 25.1. The number of rotatable bonds is 5. The maximum Gasteiger partial charge on any atom is 0.160 e. The lowest BCUT2D eigenvalue weighted by Crippen LogP contribution is -1.96. The summed E-state index contributed by atoms with van der Waals surface area (Å²) in [6, 6.07) is 60.3. The average Bonchev–Trinajstić information content (AvgIpc) is 3.47. The average molecular weight is 585 g/mol. The van der Waals surface area contributed by atoms with Crippen molar-refractivity contribution in [1.29, 1.82) is 0 Å². The number of aromatic nitrogens is 2. The van der Waals surface area contributed by atoms with Gasteiger partial charge in [-0.05, 0) is 73.5 Å². The summed E-state index contributed by atoms with van der Waals surface area (Å²) in [5.74, 6) is 0.721. The van der Waals surface area contributed by atoms with Crippen LogP contribution in [0.25, 0.3) is 89.2 Å². The fourth-order valence-electron chi connectivity index (χ4n) is 6.85. The Labute approximate surface area is 268 Å². The van der Waals surface area contributed by atoms with E-state index in [0.717, 1.165) is 39.5 Å². The lowest BCUT2D eigenvalue weighted by atomic mass is 9.92. The Hall–Kier alpha value is -6.12. The van der Waals surface area contributed by atoms with E-state index in [1.54, 1.807) is 0 Å². The Morgan fingerprint density at radius 2 is 0.761 bits per heavy atom. The predicted molar refractivity (Wildman–Crippen MR) is 191 cm³/mol. The van der Waals surface area contributed by atoms with E-state index in [1.807, 2.05) is 36.4 Å². The summed E-state index contributed by atoms with van der Waals surface area (Å²) in [7, 11) is 0. The van der Waals surface area contributed by atoms with Crippen LogP contribution in [0.5, 0.6) is 0 Å². The molecule has 214 valence electrons. The minimum Gasteiger partial charge on any atom is -0.228 e. The van der Waals surface area contributed by atoms with Crippen LogP contribution in [0, 0.1) is 0 Å². The largest absolute Gasteiger partial charge is 0.228 e. The quantitative estimate of drug-likeness (QED) is 0.201. The molecule has 1 aliphatic carbocycles. The molecule has 1 heterocycles.